The Morgan fingerprint density at radius 2 is 2.03 bits per heavy atom. The Morgan fingerprint density at radius 3 is 2.69 bits per heavy atom. The van der Waals surface area contributed by atoms with E-state index in [-0.39, 0.29) is 53.8 Å². The van der Waals surface area contributed by atoms with E-state index in [4.69, 9.17) is 20.6 Å². The standard InChI is InChI=1S/C28H31F2N3O6/c1-5-9-37-25(35)19-13-33(17-6-7-17)22-18(24(19)34)11-20(29)23(21(22)30)32-12-16-8-10-38-28(16,15-32)14-31-26(36)39-27(2,3)4/h1,11,13,16-17H,6-10,12,14-15H2,2-4H3,(H,31,36). The van der Waals surface area contributed by atoms with Gasteiger partial charge in [-0.15, -0.1) is 6.42 Å². The van der Waals surface area contributed by atoms with E-state index >= 15 is 8.78 Å². The Labute approximate surface area is 224 Å². The summed E-state index contributed by atoms with van der Waals surface area (Å²) >= 11 is 0. The molecular weight excluding hydrogens is 512 g/mol. The summed E-state index contributed by atoms with van der Waals surface area (Å²) in [5.74, 6) is -0.674. The van der Waals surface area contributed by atoms with Crippen molar-refractivity contribution in [2.75, 3.05) is 37.7 Å². The van der Waals surface area contributed by atoms with Crippen LogP contribution in [-0.4, -0.2) is 60.7 Å². The zero-order valence-corrected chi connectivity index (χ0v) is 22.1. The number of esters is 1. The first kappa shape index (κ1) is 26.9. The van der Waals surface area contributed by atoms with Crippen LogP contribution in [0.15, 0.2) is 17.1 Å². The molecule has 1 aromatic heterocycles. The average molecular weight is 544 g/mol. The van der Waals surface area contributed by atoms with Crippen LogP contribution in [0.5, 0.6) is 0 Å². The van der Waals surface area contributed by atoms with E-state index in [1.165, 1.54) is 10.8 Å². The van der Waals surface area contributed by atoms with Crippen LogP contribution < -0.4 is 15.6 Å². The summed E-state index contributed by atoms with van der Waals surface area (Å²) in [6.07, 6.45) is 7.93. The molecule has 2 unspecified atom stereocenters. The van der Waals surface area contributed by atoms with Crippen molar-refractivity contribution in [3.05, 3.63) is 39.7 Å². The minimum absolute atomic E-state index is 0.0636. The molecule has 9 nitrogen and oxygen atoms in total. The molecule has 1 aliphatic carbocycles. The zero-order valence-electron chi connectivity index (χ0n) is 22.1. The number of fused-ring (bicyclic) bond motifs is 2. The number of carbonyl (C=O) groups is 2. The van der Waals surface area contributed by atoms with E-state index in [1.54, 1.807) is 25.7 Å². The van der Waals surface area contributed by atoms with Gasteiger partial charge in [-0.3, -0.25) is 4.79 Å². The highest BCUT2D eigenvalue weighted by molar-refractivity contribution is 5.95. The number of carbonyl (C=O) groups excluding carboxylic acids is 2. The molecule has 0 radical (unpaired) electrons. The van der Waals surface area contributed by atoms with Crippen molar-refractivity contribution in [2.24, 2.45) is 5.92 Å². The number of ether oxygens (including phenoxy) is 3. The monoisotopic (exact) mass is 543 g/mol. The topological polar surface area (TPSA) is 99.1 Å². The number of pyridine rings is 1. The molecule has 1 N–H and O–H groups in total. The molecule has 0 bridgehead atoms. The molecule has 208 valence electrons. The summed E-state index contributed by atoms with van der Waals surface area (Å²) in [5, 5.41) is 2.50. The highest BCUT2D eigenvalue weighted by Gasteiger charge is 2.52. The molecule has 1 saturated carbocycles. The Balaban J connectivity index is 1.50. The SMILES string of the molecule is C#CCOC(=O)c1cn(C2CC2)c2c(F)c(N3CC4CCOC4(CNC(=O)OC(C)(C)C)C3)c(F)cc2c1=O. The third-order valence-electron chi connectivity index (χ3n) is 7.38. The molecule has 0 spiro atoms. The van der Waals surface area contributed by atoms with Gasteiger partial charge in [-0.25, -0.2) is 18.4 Å². The van der Waals surface area contributed by atoms with Gasteiger partial charge in [0.15, 0.2) is 12.4 Å². The quantitative estimate of drug-likeness (QED) is 0.440. The number of rotatable bonds is 6. The van der Waals surface area contributed by atoms with Crippen molar-refractivity contribution in [1.82, 2.24) is 9.88 Å². The third kappa shape index (κ3) is 5.05. The fourth-order valence-corrected chi connectivity index (χ4v) is 5.52. The summed E-state index contributed by atoms with van der Waals surface area (Å²) in [7, 11) is 0. The van der Waals surface area contributed by atoms with E-state index in [0.29, 0.717) is 19.6 Å². The second-order valence-electron chi connectivity index (χ2n) is 11.3. The highest BCUT2D eigenvalue weighted by Crippen LogP contribution is 2.44. The lowest BCUT2D eigenvalue weighted by Crippen LogP contribution is -2.49. The number of nitrogens with zero attached hydrogens (tertiary/aromatic N) is 2. The fourth-order valence-electron chi connectivity index (χ4n) is 5.52. The molecule has 2 aromatic rings. The lowest BCUT2D eigenvalue weighted by atomic mass is 9.91. The maximum Gasteiger partial charge on any atom is 0.407 e. The summed E-state index contributed by atoms with van der Waals surface area (Å²) < 4.78 is 49.6. The predicted molar refractivity (Wildman–Crippen MR) is 139 cm³/mol. The molecule has 1 amide bonds. The smallest absolute Gasteiger partial charge is 0.407 e. The molecule has 3 fully saturated rings. The molecule has 2 atom stereocenters. The highest BCUT2D eigenvalue weighted by atomic mass is 19.1. The van der Waals surface area contributed by atoms with Gasteiger partial charge in [-0.1, -0.05) is 5.92 Å². The van der Waals surface area contributed by atoms with Crippen LogP contribution >= 0.6 is 0 Å². The largest absolute Gasteiger partial charge is 0.449 e. The van der Waals surface area contributed by atoms with Gasteiger partial charge < -0.3 is 29.0 Å². The second-order valence-corrected chi connectivity index (χ2v) is 11.3. The zero-order chi connectivity index (χ0) is 28.1. The number of alkyl carbamates (subject to hydrolysis) is 1. The molecule has 39 heavy (non-hydrogen) atoms. The maximum absolute atomic E-state index is 16.2. The first-order valence-electron chi connectivity index (χ1n) is 13.0. The van der Waals surface area contributed by atoms with E-state index < -0.39 is 40.3 Å². The number of nitrogens with one attached hydrogen (secondary N) is 1. The van der Waals surface area contributed by atoms with Crippen LogP contribution in [0, 0.1) is 29.9 Å². The van der Waals surface area contributed by atoms with Gasteiger partial charge in [0.1, 0.15) is 28.3 Å². The van der Waals surface area contributed by atoms with Crippen molar-refractivity contribution < 1.29 is 32.6 Å². The van der Waals surface area contributed by atoms with E-state index in [2.05, 4.69) is 11.2 Å². The summed E-state index contributed by atoms with van der Waals surface area (Å²) in [6.45, 7) is 5.97. The van der Waals surface area contributed by atoms with Crippen molar-refractivity contribution in [2.45, 2.75) is 57.3 Å². The Hall–Kier alpha value is -3.65. The van der Waals surface area contributed by atoms with E-state index in [0.717, 1.165) is 18.9 Å². The molecule has 2 aliphatic heterocycles. The number of halogens is 2. The van der Waals surface area contributed by atoms with E-state index in [9.17, 15) is 14.4 Å². The predicted octanol–water partition coefficient (Wildman–Crippen LogP) is 3.52. The third-order valence-corrected chi connectivity index (χ3v) is 7.38. The van der Waals surface area contributed by atoms with Gasteiger partial charge in [-0.05, 0) is 46.1 Å². The molecule has 11 heteroatoms. The Bertz CT molecular complexity index is 1440. The lowest BCUT2D eigenvalue weighted by Gasteiger charge is -2.30. The Kier molecular flexibility index (Phi) is 6.79. The summed E-state index contributed by atoms with van der Waals surface area (Å²) in [4.78, 5) is 39.5. The molecule has 3 aliphatic rings. The minimum Gasteiger partial charge on any atom is -0.449 e. The molecular formula is C28H31F2N3O6. The van der Waals surface area contributed by atoms with Crippen molar-refractivity contribution >= 4 is 28.7 Å². The van der Waals surface area contributed by atoms with Crippen molar-refractivity contribution in [3.63, 3.8) is 0 Å². The first-order chi connectivity index (χ1) is 18.4. The van der Waals surface area contributed by atoms with Crippen molar-refractivity contribution in [3.8, 4) is 12.3 Å². The molecule has 3 heterocycles. The van der Waals surface area contributed by atoms with Crippen LogP contribution in [0.4, 0.5) is 19.3 Å². The van der Waals surface area contributed by atoms with Crippen LogP contribution in [-0.2, 0) is 14.2 Å². The van der Waals surface area contributed by atoms with E-state index in [1.807, 2.05) is 0 Å². The number of aromatic nitrogens is 1. The summed E-state index contributed by atoms with van der Waals surface area (Å²) in [6, 6.07) is 0.846. The number of hydrogen-bond donors (Lipinski definition) is 1. The van der Waals surface area contributed by atoms with Crippen LogP contribution in [0.3, 0.4) is 0 Å². The van der Waals surface area contributed by atoms with Crippen LogP contribution in [0.25, 0.3) is 10.9 Å². The minimum atomic E-state index is -0.942. The van der Waals surface area contributed by atoms with Crippen LogP contribution in [0.1, 0.15) is 56.4 Å². The summed E-state index contributed by atoms with van der Waals surface area (Å²) in [5.41, 5.74) is -3.00. The second kappa shape index (κ2) is 9.83. The van der Waals surface area contributed by atoms with Gasteiger partial charge in [0.05, 0.1) is 17.4 Å². The maximum atomic E-state index is 16.2. The van der Waals surface area contributed by atoms with Gasteiger partial charge in [-0.2, -0.15) is 0 Å². The van der Waals surface area contributed by atoms with Gasteiger partial charge >= 0.3 is 12.1 Å². The van der Waals surface area contributed by atoms with Gasteiger partial charge in [0.2, 0.25) is 5.43 Å². The normalized spacial score (nSPS) is 22.5. The average Bonchev–Trinajstić information content (AvgIpc) is 3.53. The van der Waals surface area contributed by atoms with Crippen LogP contribution in [0.2, 0.25) is 0 Å². The van der Waals surface area contributed by atoms with Gasteiger partial charge in [0, 0.05) is 37.9 Å². The fraction of sp³-hybridized carbons (Fsp3) is 0.536. The van der Waals surface area contributed by atoms with Gasteiger partial charge in [0.25, 0.3) is 0 Å². The van der Waals surface area contributed by atoms with Crippen molar-refractivity contribution in [1.29, 1.82) is 0 Å². The molecule has 5 rings (SSSR count). The number of anilines is 1. The first-order valence-corrected chi connectivity index (χ1v) is 13.0. The lowest BCUT2D eigenvalue weighted by molar-refractivity contribution is -0.000290. The Morgan fingerprint density at radius 1 is 1.28 bits per heavy atom. The molecule has 2 saturated heterocycles. The number of amides is 1. The molecule has 1 aromatic carbocycles. The number of benzene rings is 1. The number of terminal acetylenes is 1. The number of hydrogen-bond acceptors (Lipinski definition) is 7.